The number of fused-ring (bicyclic) bond motifs is 1. The maximum Gasteiger partial charge on any atom is 0.165 e. The van der Waals surface area contributed by atoms with E-state index in [9.17, 15) is 0 Å². The molecule has 1 atom stereocenters. The maximum atomic E-state index is 5.99. The van der Waals surface area contributed by atoms with E-state index in [2.05, 4.69) is 46.3 Å². The quantitative estimate of drug-likeness (QED) is 0.741. The number of aryl methyl sites for hydroxylation is 2. The topological polar surface area (TPSA) is 55.6 Å². The van der Waals surface area contributed by atoms with Gasteiger partial charge in [0.25, 0.3) is 0 Å². The Labute approximate surface area is 141 Å². The molecule has 1 aliphatic heterocycles. The Hall–Kier alpha value is -2.47. The molecule has 0 bridgehead atoms. The first-order chi connectivity index (χ1) is 11.7. The fourth-order valence-electron chi connectivity index (χ4n) is 3.15. The van der Waals surface area contributed by atoms with Crippen LogP contribution in [0.25, 0.3) is 5.65 Å². The lowest BCUT2D eigenvalue weighted by atomic mass is 10.0. The molecule has 4 rings (SSSR count). The molecule has 1 saturated heterocycles. The van der Waals surface area contributed by atoms with E-state index in [0.717, 1.165) is 36.8 Å². The largest absolute Gasteiger partial charge is 0.370 e. The highest BCUT2D eigenvalue weighted by Crippen LogP contribution is 2.26. The van der Waals surface area contributed by atoms with Gasteiger partial charge in [-0.1, -0.05) is 31.2 Å². The molecule has 3 aromatic rings. The molecule has 1 aliphatic rings. The zero-order valence-electron chi connectivity index (χ0n) is 14.0. The number of hydrogen-bond acceptors (Lipinski definition) is 5. The van der Waals surface area contributed by atoms with Gasteiger partial charge in [0.15, 0.2) is 5.65 Å². The van der Waals surface area contributed by atoms with Crippen LogP contribution in [0.3, 0.4) is 0 Å². The second kappa shape index (κ2) is 6.20. The molecule has 0 aliphatic carbocycles. The molecule has 0 saturated carbocycles. The average molecular weight is 323 g/mol. The van der Waals surface area contributed by atoms with Crippen LogP contribution in [0.4, 0.5) is 5.82 Å². The normalized spacial score (nSPS) is 18.2. The van der Waals surface area contributed by atoms with Crippen LogP contribution in [0, 0.1) is 6.92 Å². The molecule has 3 heterocycles. The van der Waals surface area contributed by atoms with Crippen molar-refractivity contribution in [2.45, 2.75) is 26.4 Å². The van der Waals surface area contributed by atoms with Gasteiger partial charge in [0.05, 0.1) is 6.61 Å². The van der Waals surface area contributed by atoms with Crippen molar-refractivity contribution in [2.24, 2.45) is 0 Å². The van der Waals surface area contributed by atoms with Crippen LogP contribution in [-0.4, -0.2) is 39.3 Å². The third-order valence-corrected chi connectivity index (χ3v) is 4.61. The summed E-state index contributed by atoms with van der Waals surface area (Å²) >= 11 is 0. The van der Waals surface area contributed by atoms with E-state index in [-0.39, 0.29) is 6.10 Å². The van der Waals surface area contributed by atoms with Crippen LogP contribution in [0.1, 0.15) is 30.0 Å². The number of aromatic nitrogens is 4. The van der Waals surface area contributed by atoms with Crippen molar-refractivity contribution in [1.82, 2.24) is 19.6 Å². The highest BCUT2D eigenvalue weighted by atomic mass is 16.5. The number of ether oxygens (including phenoxy) is 1. The van der Waals surface area contributed by atoms with E-state index < -0.39 is 0 Å². The molecule has 0 spiro atoms. The van der Waals surface area contributed by atoms with Crippen molar-refractivity contribution in [2.75, 3.05) is 24.6 Å². The van der Waals surface area contributed by atoms with Gasteiger partial charge in [0.1, 0.15) is 24.1 Å². The first-order valence-corrected chi connectivity index (χ1v) is 8.37. The number of benzene rings is 1. The lowest BCUT2D eigenvalue weighted by molar-refractivity contribution is 0.0395. The van der Waals surface area contributed by atoms with E-state index in [4.69, 9.17) is 9.72 Å². The third kappa shape index (κ3) is 2.73. The Kier molecular flexibility index (Phi) is 3.90. The Bertz CT molecular complexity index is 842. The van der Waals surface area contributed by atoms with Crippen molar-refractivity contribution in [3.05, 3.63) is 53.6 Å². The summed E-state index contributed by atoms with van der Waals surface area (Å²) in [4.78, 5) is 6.97. The molecular formula is C18H21N5O. The van der Waals surface area contributed by atoms with Crippen LogP contribution >= 0.6 is 0 Å². The highest BCUT2D eigenvalue weighted by molar-refractivity contribution is 5.52. The first-order valence-electron chi connectivity index (χ1n) is 8.37. The molecule has 0 radical (unpaired) electrons. The molecule has 1 fully saturated rings. The van der Waals surface area contributed by atoms with Gasteiger partial charge in [0.2, 0.25) is 0 Å². The monoisotopic (exact) mass is 323 g/mol. The summed E-state index contributed by atoms with van der Waals surface area (Å²) in [5.41, 5.74) is 3.39. The molecule has 0 N–H and O–H groups in total. The van der Waals surface area contributed by atoms with Crippen LogP contribution < -0.4 is 4.90 Å². The van der Waals surface area contributed by atoms with Crippen LogP contribution in [0.2, 0.25) is 0 Å². The molecule has 2 aromatic heterocycles. The second-order valence-corrected chi connectivity index (χ2v) is 6.12. The SMILES string of the molecule is CCc1ccc(C2CN(c3cc4nncn4c(C)n3)CCO2)cc1. The molecular weight excluding hydrogens is 302 g/mol. The smallest absolute Gasteiger partial charge is 0.165 e. The summed E-state index contributed by atoms with van der Waals surface area (Å²) in [6.07, 6.45) is 2.82. The minimum Gasteiger partial charge on any atom is -0.370 e. The standard InChI is InChI=1S/C18H21N5O/c1-3-14-4-6-15(7-5-14)16-11-22(8-9-24-16)17-10-18-21-19-12-23(18)13(2)20-17/h4-7,10,12,16H,3,8-9,11H2,1-2H3. The predicted octanol–water partition coefficient (Wildman–Crippen LogP) is 2.57. The van der Waals surface area contributed by atoms with Crippen LogP contribution in [0.5, 0.6) is 0 Å². The lowest BCUT2D eigenvalue weighted by Crippen LogP contribution is -2.39. The zero-order chi connectivity index (χ0) is 16.5. The Balaban J connectivity index is 1.59. The predicted molar refractivity (Wildman–Crippen MR) is 92.2 cm³/mol. The maximum absolute atomic E-state index is 5.99. The molecule has 6 heteroatoms. The fraction of sp³-hybridized carbons (Fsp3) is 0.389. The van der Waals surface area contributed by atoms with E-state index in [1.165, 1.54) is 11.1 Å². The number of rotatable bonds is 3. The van der Waals surface area contributed by atoms with Gasteiger partial charge in [-0.15, -0.1) is 10.2 Å². The molecule has 1 unspecified atom stereocenters. The zero-order valence-corrected chi connectivity index (χ0v) is 14.0. The van der Waals surface area contributed by atoms with E-state index in [0.29, 0.717) is 6.61 Å². The van der Waals surface area contributed by atoms with E-state index >= 15 is 0 Å². The second-order valence-electron chi connectivity index (χ2n) is 6.12. The summed E-state index contributed by atoms with van der Waals surface area (Å²) in [7, 11) is 0. The van der Waals surface area contributed by atoms with Gasteiger partial charge in [0, 0.05) is 19.2 Å². The van der Waals surface area contributed by atoms with Gasteiger partial charge in [-0.3, -0.25) is 4.40 Å². The number of morpholine rings is 1. The summed E-state index contributed by atoms with van der Waals surface area (Å²) < 4.78 is 7.88. The first kappa shape index (κ1) is 15.1. The van der Waals surface area contributed by atoms with Gasteiger partial charge < -0.3 is 9.64 Å². The molecule has 6 nitrogen and oxygen atoms in total. The summed E-state index contributed by atoms with van der Waals surface area (Å²) in [5.74, 6) is 1.83. The van der Waals surface area contributed by atoms with Crippen molar-refractivity contribution < 1.29 is 4.74 Å². The number of anilines is 1. The van der Waals surface area contributed by atoms with Crippen molar-refractivity contribution in [3.63, 3.8) is 0 Å². The molecule has 24 heavy (non-hydrogen) atoms. The lowest BCUT2D eigenvalue weighted by Gasteiger charge is -2.34. The van der Waals surface area contributed by atoms with Gasteiger partial charge in [-0.25, -0.2) is 4.98 Å². The fourth-order valence-corrected chi connectivity index (χ4v) is 3.15. The van der Waals surface area contributed by atoms with Crippen LogP contribution in [0.15, 0.2) is 36.7 Å². The average Bonchev–Trinajstić information content (AvgIpc) is 3.11. The Morgan fingerprint density at radius 3 is 2.88 bits per heavy atom. The molecule has 0 amide bonds. The van der Waals surface area contributed by atoms with Gasteiger partial charge >= 0.3 is 0 Å². The molecule has 1 aromatic carbocycles. The van der Waals surface area contributed by atoms with Gasteiger partial charge in [-0.05, 0) is 24.5 Å². The minimum absolute atomic E-state index is 0.0702. The third-order valence-electron chi connectivity index (χ3n) is 4.61. The van der Waals surface area contributed by atoms with E-state index in [1.54, 1.807) is 6.33 Å². The minimum atomic E-state index is 0.0702. The van der Waals surface area contributed by atoms with Gasteiger partial charge in [-0.2, -0.15) is 0 Å². The summed E-state index contributed by atoms with van der Waals surface area (Å²) in [6, 6.07) is 10.7. The van der Waals surface area contributed by atoms with E-state index in [1.807, 2.05) is 17.4 Å². The molecule has 124 valence electrons. The summed E-state index contributed by atoms with van der Waals surface area (Å²) in [5, 5.41) is 8.10. The van der Waals surface area contributed by atoms with Crippen molar-refractivity contribution >= 4 is 11.5 Å². The van der Waals surface area contributed by atoms with Crippen molar-refractivity contribution in [3.8, 4) is 0 Å². The highest BCUT2D eigenvalue weighted by Gasteiger charge is 2.23. The van der Waals surface area contributed by atoms with Crippen LogP contribution in [-0.2, 0) is 11.2 Å². The van der Waals surface area contributed by atoms with Crippen molar-refractivity contribution in [1.29, 1.82) is 0 Å². The Morgan fingerprint density at radius 2 is 2.08 bits per heavy atom. The number of hydrogen-bond donors (Lipinski definition) is 0. The number of nitrogens with zero attached hydrogens (tertiary/aromatic N) is 5. The summed E-state index contributed by atoms with van der Waals surface area (Å²) in [6.45, 7) is 6.46. The Morgan fingerprint density at radius 1 is 1.25 bits per heavy atom.